The molecule has 1 aromatic rings. The zero-order valence-electron chi connectivity index (χ0n) is 11.8. The molecular formula is C15H18N2O3. The number of hydrogen-bond acceptors (Lipinski definition) is 3. The predicted octanol–water partition coefficient (Wildman–Crippen LogP) is 1.82. The zero-order chi connectivity index (χ0) is 14.7. The third-order valence-corrected chi connectivity index (χ3v) is 3.34. The van der Waals surface area contributed by atoms with Gasteiger partial charge >= 0.3 is 0 Å². The van der Waals surface area contributed by atoms with E-state index in [1.807, 2.05) is 6.92 Å². The van der Waals surface area contributed by atoms with Crippen molar-refractivity contribution in [2.75, 3.05) is 18.5 Å². The lowest BCUT2D eigenvalue weighted by molar-refractivity contribution is -0.126. The summed E-state index contributed by atoms with van der Waals surface area (Å²) in [5.74, 6) is -0.834. The third-order valence-electron chi connectivity index (χ3n) is 3.34. The molecule has 0 spiro atoms. The van der Waals surface area contributed by atoms with Crippen LogP contribution in [0.2, 0.25) is 0 Å². The van der Waals surface area contributed by atoms with Gasteiger partial charge in [0.15, 0.2) is 0 Å². The monoisotopic (exact) mass is 274 g/mol. The summed E-state index contributed by atoms with van der Waals surface area (Å²) in [6, 6.07) is 6.75. The molecular weight excluding hydrogens is 256 g/mol. The molecule has 1 aliphatic heterocycles. The van der Waals surface area contributed by atoms with Crippen LogP contribution in [0.25, 0.3) is 0 Å². The van der Waals surface area contributed by atoms with Crippen molar-refractivity contribution in [2.45, 2.75) is 26.2 Å². The molecule has 0 fully saturated rings. The van der Waals surface area contributed by atoms with Gasteiger partial charge in [-0.15, -0.1) is 0 Å². The number of amides is 3. The van der Waals surface area contributed by atoms with Gasteiger partial charge in [0, 0.05) is 13.5 Å². The van der Waals surface area contributed by atoms with Crippen LogP contribution in [0, 0.1) is 0 Å². The summed E-state index contributed by atoms with van der Waals surface area (Å²) >= 11 is 0. The number of anilines is 1. The Morgan fingerprint density at radius 1 is 1.25 bits per heavy atom. The number of likely N-dealkylation sites (N-methyl/N-ethyl adjacent to an activating group) is 1. The zero-order valence-corrected chi connectivity index (χ0v) is 11.8. The number of carbonyl (C=O) groups excluding carboxylic acids is 3. The van der Waals surface area contributed by atoms with E-state index in [9.17, 15) is 14.4 Å². The highest BCUT2D eigenvalue weighted by Gasteiger charge is 2.32. The van der Waals surface area contributed by atoms with Crippen molar-refractivity contribution >= 4 is 23.4 Å². The molecule has 20 heavy (non-hydrogen) atoms. The van der Waals surface area contributed by atoms with Crippen LogP contribution in [0.1, 0.15) is 36.5 Å². The number of rotatable bonds is 3. The quantitative estimate of drug-likeness (QED) is 0.844. The molecule has 5 nitrogen and oxygen atoms in total. The Bertz CT molecular complexity index is 554. The SMILES string of the molecule is CCCCC(=O)N1C(=O)CN(C)C(=O)c2ccccc21. The second-order valence-electron chi connectivity index (χ2n) is 4.90. The van der Waals surface area contributed by atoms with Gasteiger partial charge in [0.25, 0.3) is 11.8 Å². The molecule has 1 heterocycles. The predicted molar refractivity (Wildman–Crippen MR) is 75.4 cm³/mol. The molecule has 0 saturated heterocycles. The molecule has 2 rings (SSSR count). The Balaban J connectivity index is 2.44. The van der Waals surface area contributed by atoms with E-state index in [0.717, 1.165) is 17.7 Å². The summed E-state index contributed by atoms with van der Waals surface area (Å²) in [5.41, 5.74) is 0.790. The average Bonchev–Trinajstić information content (AvgIpc) is 2.53. The van der Waals surface area contributed by atoms with Crippen LogP contribution in [0.5, 0.6) is 0 Å². The summed E-state index contributed by atoms with van der Waals surface area (Å²) < 4.78 is 0. The normalized spacial score (nSPS) is 15.1. The van der Waals surface area contributed by atoms with Crippen molar-refractivity contribution in [2.24, 2.45) is 0 Å². The van der Waals surface area contributed by atoms with Gasteiger partial charge in [-0.1, -0.05) is 25.5 Å². The fourth-order valence-corrected chi connectivity index (χ4v) is 2.25. The first-order chi connectivity index (χ1) is 9.56. The van der Waals surface area contributed by atoms with Crippen molar-refractivity contribution in [3.8, 4) is 0 Å². The number of carbonyl (C=O) groups is 3. The summed E-state index contributed by atoms with van der Waals surface area (Å²) in [6.07, 6.45) is 1.93. The lowest BCUT2D eigenvalue weighted by Gasteiger charge is -2.20. The molecule has 0 radical (unpaired) electrons. The number of para-hydroxylation sites is 1. The van der Waals surface area contributed by atoms with E-state index in [1.54, 1.807) is 31.3 Å². The van der Waals surface area contributed by atoms with Gasteiger partial charge < -0.3 is 4.90 Å². The molecule has 1 aromatic carbocycles. The molecule has 0 N–H and O–H groups in total. The third kappa shape index (κ3) is 2.57. The highest BCUT2D eigenvalue weighted by Crippen LogP contribution is 2.26. The maximum absolute atomic E-state index is 12.3. The molecule has 3 amide bonds. The minimum absolute atomic E-state index is 0.0780. The van der Waals surface area contributed by atoms with Crippen LogP contribution in [0.15, 0.2) is 24.3 Å². The minimum Gasteiger partial charge on any atom is -0.332 e. The van der Waals surface area contributed by atoms with Crippen LogP contribution in [-0.2, 0) is 9.59 Å². The Kier molecular flexibility index (Phi) is 4.17. The fourth-order valence-electron chi connectivity index (χ4n) is 2.25. The van der Waals surface area contributed by atoms with E-state index in [4.69, 9.17) is 0 Å². The molecule has 0 aliphatic carbocycles. The number of fused-ring (bicyclic) bond motifs is 1. The first-order valence-electron chi connectivity index (χ1n) is 6.76. The van der Waals surface area contributed by atoms with Gasteiger partial charge in [0.1, 0.15) is 6.54 Å². The van der Waals surface area contributed by atoms with E-state index < -0.39 is 0 Å². The Morgan fingerprint density at radius 2 is 1.95 bits per heavy atom. The van der Waals surface area contributed by atoms with Crippen LogP contribution in [-0.4, -0.2) is 36.2 Å². The Hall–Kier alpha value is -2.17. The first kappa shape index (κ1) is 14.2. The largest absolute Gasteiger partial charge is 0.332 e. The lowest BCUT2D eigenvalue weighted by atomic mass is 10.1. The number of nitrogens with zero attached hydrogens (tertiary/aromatic N) is 2. The maximum atomic E-state index is 12.3. The van der Waals surface area contributed by atoms with E-state index in [2.05, 4.69) is 0 Å². The van der Waals surface area contributed by atoms with Gasteiger partial charge in [0.2, 0.25) is 5.91 Å². The molecule has 0 atom stereocenters. The highest BCUT2D eigenvalue weighted by molar-refractivity contribution is 6.20. The van der Waals surface area contributed by atoms with Crippen LogP contribution in [0.4, 0.5) is 5.69 Å². The van der Waals surface area contributed by atoms with Gasteiger partial charge in [0.05, 0.1) is 11.3 Å². The van der Waals surface area contributed by atoms with E-state index >= 15 is 0 Å². The standard InChI is InChI=1S/C15H18N2O3/c1-3-4-9-13(18)17-12-8-6-5-7-11(12)15(20)16(2)10-14(17)19/h5-8H,3-4,9-10H2,1-2H3. The average molecular weight is 274 g/mol. The molecule has 1 aliphatic rings. The molecule has 0 saturated carbocycles. The maximum Gasteiger partial charge on any atom is 0.256 e. The summed E-state index contributed by atoms with van der Waals surface area (Å²) in [4.78, 5) is 39.2. The molecule has 5 heteroatoms. The van der Waals surface area contributed by atoms with Crippen molar-refractivity contribution < 1.29 is 14.4 Å². The first-order valence-corrected chi connectivity index (χ1v) is 6.76. The number of benzene rings is 1. The second kappa shape index (κ2) is 5.86. The van der Waals surface area contributed by atoms with Crippen LogP contribution < -0.4 is 4.90 Å². The van der Waals surface area contributed by atoms with Crippen LogP contribution in [0.3, 0.4) is 0 Å². The Labute approximate surface area is 118 Å². The van der Waals surface area contributed by atoms with Crippen molar-refractivity contribution in [3.05, 3.63) is 29.8 Å². The topological polar surface area (TPSA) is 57.7 Å². The van der Waals surface area contributed by atoms with Gasteiger partial charge in [-0.05, 0) is 18.6 Å². The van der Waals surface area contributed by atoms with Crippen molar-refractivity contribution in [1.29, 1.82) is 0 Å². The van der Waals surface area contributed by atoms with Gasteiger partial charge in [-0.2, -0.15) is 0 Å². The van der Waals surface area contributed by atoms with Gasteiger partial charge in [-0.3, -0.25) is 14.4 Å². The summed E-state index contributed by atoms with van der Waals surface area (Å²) in [7, 11) is 1.57. The Morgan fingerprint density at radius 3 is 2.65 bits per heavy atom. The minimum atomic E-state index is -0.355. The highest BCUT2D eigenvalue weighted by atomic mass is 16.2. The van der Waals surface area contributed by atoms with Crippen molar-refractivity contribution in [1.82, 2.24) is 4.90 Å². The number of unbranched alkanes of at least 4 members (excludes halogenated alkanes) is 1. The van der Waals surface area contributed by atoms with Crippen LogP contribution >= 0.6 is 0 Å². The summed E-state index contributed by atoms with van der Waals surface area (Å²) in [6.45, 7) is 1.91. The van der Waals surface area contributed by atoms with E-state index in [-0.39, 0.29) is 24.3 Å². The second-order valence-corrected chi connectivity index (χ2v) is 4.90. The summed E-state index contributed by atoms with van der Waals surface area (Å²) in [5, 5.41) is 0. The number of imide groups is 1. The number of hydrogen-bond donors (Lipinski definition) is 0. The smallest absolute Gasteiger partial charge is 0.256 e. The van der Waals surface area contributed by atoms with E-state index in [0.29, 0.717) is 17.7 Å². The van der Waals surface area contributed by atoms with Gasteiger partial charge in [-0.25, -0.2) is 4.90 Å². The molecule has 0 unspecified atom stereocenters. The van der Waals surface area contributed by atoms with Crippen molar-refractivity contribution in [3.63, 3.8) is 0 Å². The molecule has 0 aromatic heterocycles. The molecule has 106 valence electrons. The fraction of sp³-hybridized carbons (Fsp3) is 0.400. The lowest BCUT2D eigenvalue weighted by Crippen LogP contribution is -2.41. The van der Waals surface area contributed by atoms with E-state index in [1.165, 1.54) is 4.90 Å². The molecule has 0 bridgehead atoms.